The maximum Gasteiger partial charge on any atom is 0.156 e. The number of carbonyl (C=O) groups is 1. The zero-order valence-electron chi connectivity index (χ0n) is 8.49. The summed E-state index contributed by atoms with van der Waals surface area (Å²) in [4.78, 5) is 11.1. The van der Waals surface area contributed by atoms with Crippen LogP contribution >= 0.6 is 11.8 Å². The summed E-state index contributed by atoms with van der Waals surface area (Å²) in [5.74, 6) is 1.04. The molecule has 0 spiro atoms. The first-order chi connectivity index (χ1) is 6.74. The largest absolute Gasteiger partial charge is 0.302 e. The number of ketones is 1. The van der Waals surface area contributed by atoms with Gasteiger partial charge in [0.15, 0.2) is 5.78 Å². The van der Waals surface area contributed by atoms with Crippen molar-refractivity contribution in [3.8, 4) is 0 Å². The molecule has 0 saturated carbocycles. The molecule has 2 nitrogen and oxygen atoms in total. The molecule has 0 radical (unpaired) electrons. The second kappa shape index (κ2) is 5.83. The number of hydrogen-bond donors (Lipinski definition) is 1. The highest BCUT2D eigenvalue weighted by Crippen LogP contribution is 2.16. The van der Waals surface area contributed by atoms with Crippen LogP contribution in [0.5, 0.6) is 0 Å². The fraction of sp³-hybridized carbons (Fsp3) is 0.364. The molecular formula is C11H15NOS. The average molecular weight is 209 g/mol. The van der Waals surface area contributed by atoms with E-state index in [2.05, 4.69) is 17.4 Å². The van der Waals surface area contributed by atoms with Crippen molar-refractivity contribution in [1.29, 1.82) is 0 Å². The van der Waals surface area contributed by atoms with Gasteiger partial charge in [-0.1, -0.05) is 30.3 Å². The molecule has 1 rings (SSSR count). The molecule has 0 amide bonds. The number of benzene rings is 1. The predicted octanol–water partition coefficient (Wildman–Crippen LogP) is 2.05. The molecule has 1 N–H and O–H groups in total. The highest BCUT2D eigenvalue weighted by molar-refractivity contribution is 7.99. The molecule has 1 aromatic carbocycles. The lowest BCUT2D eigenvalue weighted by Gasteiger charge is -2.11. The standard InChI is InChI=1S/C11H15NOS/c1-9(13)11(12-2)14-8-10-6-4-3-5-7-10/h3-7,11-12H,8H2,1-2H3. The van der Waals surface area contributed by atoms with Crippen molar-refractivity contribution >= 4 is 17.5 Å². The zero-order chi connectivity index (χ0) is 10.4. The fourth-order valence-corrected chi connectivity index (χ4v) is 2.11. The Labute approximate surface area is 89.1 Å². The van der Waals surface area contributed by atoms with Crippen LogP contribution in [-0.4, -0.2) is 18.2 Å². The molecule has 0 bridgehead atoms. The summed E-state index contributed by atoms with van der Waals surface area (Å²) in [5, 5.41) is 2.90. The SMILES string of the molecule is CNC(SCc1ccccc1)C(C)=O. The van der Waals surface area contributed by atoms with E-state index in [4.69, 9.17) is 0 Å². The molecule has 1 aromatic rings. The molecule has 3 heteroatoms. The molecule has 0 aliphatic heterocycles. The molecule has 0 fully saturated rings. The molecule has 76 valence electrons. The maximum absolute atomic E-state index is 11.1. The third kappa shape index (κ3) is 3.52. The van der Waals surface area contributed by atoms with Crippen LogP contribution in [0.4, 0.5) is 0 Å². The second-order valence-electron chi connectivity index (χ2n) is 3.08. The Kier molecular flexibility index (Phi) is 4.70. The fourth-order valence-electron chi connectivity index (χ4n) is 1.16. The van der Waals surface area contributed by atoms with Crippen molar-refractivity contribution in [1.82, 2.24) is 5.32 Å². The molecule has 0 aromatic heterocycles. The van der Waals surface area contributed by atoms with Gasteiger partial charge in [0.1, 0.15) is 5.37 Å². The van der Waals surface area contributed by atoms with Crippen molar-refractivity contribution in [2.24, 2.45) is 0 Å². The molecule has 0 heterocycles. The smallest absolute Gasteiger partial charge is 0.156 e. The number of rotatable bonds is 5. The Morgan fingerprint density at radius 2 is 2.07 bits per heavy atom. The van der Waals surface area contributed by atoms with Crippen LogP contribution in [0, 0.1) is 0 Å². The van der Waals surface area contributed by atoms with E-state index in [9.17, 15) is 4.79 Å². The average Bonchev–Trinajstić information content (AvgIpc) is 2.20. The summed E-state index contributed by atoms with van der Waals surface area (Å²) in [5.41, 5.74) is 1.25. The summed E-state index contributed by atoms with van der Waals surface area (Å²) < 4.78 is 0. The molecule has 0 saturated heterocycles. The van der Waals surface area contributed by atoms with E-state index < -0.39 is 0 Å². The van der Waals surface area contributed by atoms with E-state index in [0.29, 0.717) is 0 Å². The van der Waals surface area contributed by atoms with E-state index in [1.54, 1.807) is 18.7 Å². The van der Waals surface area contributed by atoms with Gasteiger partial charge in [0.05, 0.1) is 0 Å². The maximum atomic E-state index is 11.1. The Bertz CT molecular complexity index is 287. The molecule has 1 atom stereocenters. The number of Topliss-reactive ketones (excluding diaryl/α,β-unsaturated/α-hetero) is 1. The van der Waals surface area contributed by atoms with Crippen molar-refractivity contribution in [3.05, 3.63) is 35.9 Å². The molecular weight excluding hydrogens is 194 g/mol. The first kappa shape index (κ1) is 11.3. The van der Waals surface area contributed by atoms with Gasteiger partial charge < -0.3 is 5.32 Å². The summed E-state index contributed by atoms with van der Waals surface area (Å²) in [7, 11) is 1.81. The monoisotopic (exact) mass is 209 g/mol. The van der Waals surface area contributed by atoms with Gasteiger partial charge in [-0.3, -0.25) is 4.79 Å². The lowest BCUT2D eigenvalue weighted by atomic mass is 10.2. The Hall–Kier alpha value is -0.800. The van der Waals surface area contributed by atoms with Crippen LogP contribution in [0.15, 0.2) is 30.3 Å². The van der Waals surface area contributed by atoms with Crippen molar-refractivity contribution in [3.63, 3.8) is 0 Å². The summed E-state index contributed by atoms with van der Waals surface area (Å²) in [6, 6.07) is 10.2. The quantitative estimate of drug-likeness (QED) is 0.753. The van der Waals surface area contributed by atoms with Gasteiger partial charge in [0.2, 0.25) is 0 Å². The van der Waals surface area contributed by atoms with Crippen LogP contribution in [0.2, 0.25) is 0 Å². The molecule has 0 aliphatic carbocycles. The minimum atomic E-state index is -0.0878. The third-order valence-electron chi connectivity index (χ3n) is 1.89. The number of thioether (sulfide) groups is 1. The minimum Gasteiger partial charge on any atom is -0.302 e. The molecule has 0 aliphatic rings. The first-order valence-electron chi connectivity index (χ1n) is 4.57. The van der Waals surface area contributed by atoms with Gasteiger partial charge in [-0.25, -0.2) is 0 Å². The minimum absolute atomic E-state index is 0.0878. The number of carbonyl (C=O) groups excluding carboxylic acids is 1. The highest BCUT2D eigenvalue weighted by Gasteiger charge is 2.11. The van der Waals surface area contributed by atoms with Gasteiger partial charge in [-0.2, -0.15) is 0 Å². The Morgan fingerprint density at radius 1 is 1.43 bits per heavy atom. The van der Waals surface area contributed by atoms with Crippen molar-refractivity contribution in [2.75, 3.05) is 7.05 Å². The molecule has 1 unspecified atom stereocenters. The zero-order valence-corrected chi connectivity index (χ0v) is 9.30. The van der Waals surface area contributed by atoms with Gasteiger partial charge in [-0.05, 0) is 19.5 Å². The first-order valence-corrected chi connectivity index (χ1v) is 5.62. The van der Waals surface area contributed by atoms with Crippen molar-refractivity contribution < 1.29 is 4.79 Å². The summed E-state index contributed by atoms with van der Waals surface area (Å²) in [6.45, 7) is 1.61. The van der Waals surface area contributed by atoms with Gasteiger partial charge in [-0.15, -0.1) is 11.8 Å². The van der Waals surface area contributed by atoms with Crippen LogP contribution in [-0.2, 0) is 10.5 Å². The van der Waals surface area contributed by atoms with Crippen molar-refractivity contribution in [2.45, 2.75) is 18.1 Å². The number of hydrogen-bond acceptors (Lipinski definition) is 3. The van der Waals surface area contributed by atoms with Gasteiger partial charge >= 0.3 is 0 Å². The topological polar surface area (TPSA) is 29.1 Å². The van der Waals surface area contributed by atoms with E-state index >= 15 is 0 Å². The van der Waals surface area contributed by atoms with Crippen LogP contribution in [0.3, 0.4) is 0 Å². The Morgan fingerprint density at radius 3 is 2.57 bits per heavy atom. The van der Waals surface area contributed by atoms with Gasteiger partial charge in [0.25, 0.3) is 0 Å². The van der Waals surface area contributed by atoms with E-state index in [0.717, 1.165) is 5.75 Å². The van der Waals surface area contributed by atoms with Crippen LogP contribution in [0.25, 0.3) is 0 Å². The summed E-state index contributed by atoms with van der Waals surface area (Å²) in [6.07, 6.45) is 0. The Balaban J connectivity index is 2.44. The summed E-state index contributed by atoms with van der Waals surface area (Å²) >= 11 is 1.62. The number of nitrogens with one attached hydrogen (secondary N) is 1. The number of likely N-dealkylation sites (N-methyl/N-ethyl adjacent to an activating group) is 1. The highest BCUT2D eigenvalue weighted by atomic mass is 32.2. The third-order valence-corrected chi connectivity index (χ3v) is 3.29. The van der Waals surface area contributed by atoms with Crippen LogP contribution in [0.1, 0.15) is 12.5 Å². The normalized spacial score (nSPS) is 12.4. The molecule has 14 heavy (non-hydrogen) atoms. The second-order valence-corrected chi connectivity index (χ2v) is 4.17. The predicted molar refractivity (Wildman–Crippen MR) is 61.3 cm³/mol. The lowest BCUT2D eigenvalue weighted by molar-refractivity contribution is -0.116. The van der Waals surface area contributed by atoms with E-state index in [1.807, 2.05) is 25.2 Å². The van der Waals surface area contributed by atoms with E-state index in [1.165, 1.54) is 5.56 Å². The lowest BCUT2D eigenvalue weighted by Crippen LogP contribution is -2.28. The van der Waals surface area contributed by atoms with Crippen LogP contribution < -0.4 is 5.32 Å². The van der Waals surface area contributed by atoms with Gasteiger partial charge in [0, 0.05) is 5.75 Å². The van der Waals surface area contributed by atoms with E-state index in [-0.39, 0.29) is 11.2 Å².